The molecule has 1 spiro atoms. The van der Waals surface area contributed by atoms with Crippen LogP contribution in [0.4, 0.5) is 16.4 Å². The van der Waals surface area contributed by atoms with Crippen LogP contribution in [-0.4, -0.2) is 79.5 Å². The Labute approximate surface area is 147 Å². The van der Waals surface area contributed by atoms with E-state index in [-0.39, 0.29) is 6.10 Å². The monoisotopic (exact) mass is 350 g/mol. The van der Waals surface area contributed by atoms with Gasteiger partial charge in [-0.3, -0.25) is 0 Å². The number of amides is 2. The van der Waals surface area contributed by atoms with Gasteiger partial charge in [-0.15, -0.1) is 0 Å². The molecule has 2 atom stereocenters. The van der Waals surface area contributed by atoms with E-state index < -0.39 is 11.6 Å². The summed E-state index contributed by atoms with van der Waals surface area (Å²) < 4.78 is 11.9. The molecule has 0 saturated carbocycles. The zero-order chi connectivity index (χ0) is 17.9. The smallest absolute Gasteiger partial charge is 0.314 e. The van der Waals surface area contributed by atoms with E-state index in [2.05, 4.69) is 15.3 Å². The number of nitrogens with one attached hydrogen (secondary N) is 1. The fourth-order valence-electron chi connectivity index (χ4n) is 3.26. The van der Waals surface area contributed by atoms with Crippen LogP contribution in [0.3, 0.4) is 0 Å². The van der Waals surface area contributed by atoms with Gasteiger partial charge in [-0.25, -0.2) is 14.8 Å². The lowest BCUT2D eigenvalue weighted by molar-refractivity contribution is -0.0795. The molecule has 0 radical (unpaired) electrons. The fourth-order valence-corrected chi connectivity index (χ4v) is 3.26. The van der Waals surface area contributed by atoms with Crippen molar-refractivity contribution in [1.82, 2.24) is 14.9 Å². The number of hydrogen-bond acceptors (Lipinski definition) is 7. The van der Waals surface area contributed by atoms with Crippen LogP contribution < -0.4 is 16.0 Å². The Morgan fingerprint density at radius 1 is 1.52 bits per heavy atom. The molecule has 9 nitrogen and oxygen atoms in total. The summed E-state index contributed by atoms with van der Waals surface area (Å²) in [5, 5.41) is 3.30. The Kier molecular flexibility index (Phi) is 5.24. The van der Waals surface area contributed by atoms with Crippen LogP contribution in [0.15, 0.2) is 12.4 Å². The number of carbonyl (C=O) groups is 1. The van der Waals surface area contributed by atoms with E-state index >= 15 is 0 Å². The van der Waals surface area contributed by atoms with Gasteiger partial charge in [-0.1, -0.05) is 0 Å². The van der Waals surface area contributed by atoms with E-state index in [4.69, 9.17) is 15.2 Å². The molecule has 2 fully saturated rings. The normalized spacial score (nSPS) is 26.5. The van der Waals surface area contributed by atoms with Crippen molar-refractivity contribution < 1.29 is 14.3 Å². The van der Waals surface area contributed by atoms with E-state index in [1.807, 2.05) is 25.1 Å². The van der Waals surface area contributed by atoms with Crippen LogP contribution in [0.1, 0.15) is 12.8 Å². The Morgan fingerprint density at radius 2 is 2.36 bits per heavy atom. The number of nitrogens with zero attached hydrogens (tertiary/aromatic N) is 4. The van der Waals surface area contributed by atoms with Crippen molar-refractivity contribution in [2.24, 2.45) is 5.73 Å². The molecule has 0 unspecified atom stereocenters. The zero-order valence-corrected chi connectivity index (χ0v) is 14.8. The largest absolute Gasteiger partial charge is 0.377 e. The molecule has 0 aromatic carbocycles. The van der Waals surface area contributed by atoms with Crippen LogP contribution in [0, 0.1) is 0 Å². The second kappa shape index (κ2) is 7.40. The number of nitrogens with two attached hydrogens (primary N) is 1. The highest BCUT2D eigenvalue weighted by Crippen LogP contribution is 2.33. The van der Waals surface area contributed by atoms with Gasteiger partial charge in [0.2, 0.25) is 0 Å². The summed E-state index contributed by atoms with van der Waals surface area (Å²) in [7, 11) is 3.87. The lowest BCUT2D eigenvalue weighted by atomic mass is 10.0. The second-order valence-electron chi connectivity index (χ2n) is 6.81. The second-order valence-corrected chi connectivity index (χ2v) is 6.81. The van der Waals surface area contributed by atoms with Gasteiger partial charge < -0.3 is 30.3 Å². The molecule has 2 saturated heterocycles. The first-order chi connectivity index (χ1) is 12.0. The van der Waals surface area contributed by atoms with E-state index in [0.29, 0.717) is 32.8 Å². The quantitative estimate of drug-likeness (QED) is 0.803. The Hall–Kier alpha value is -2.13. The first-order valence-corrected chi connectivity index (χ1v) is 8.51. The molecule has 1 aromatic rings. The van der Waals surface area contributed by atoms with Gasteiger partial charge in [0.05, 0.1) is 25.9 Å². The van der Waals surface area contributed by atoms with Crippen LogP contribution in [0.5, 0.6) is 0 Å². The molecule has 3 N–H and O–H groups in total. The molecule has 0 bridgehead atoms. The highest BCUT2D eigenvalue weighted by Gasteiger charge is 2.43. The topological polar surface area (TPSA) is 106 Å². The van der Waals surface area contributed by atoms with Crippen LogP contribution >= 0.6 is 0 Å². The van der Waals surface area contributed by atoms with Crippen molar-refractivity contribution in [1.29, 1.82) is 0 Å². The average Bonchev–Trinajstić information content (AvgIpc) is 2.86. The van der Waals surface area contributed by atoms with E-state index in [9.17, 15) is 4.79 Å². The summed E-state index contributed by atoms with van der Waals surface area (Å²) in [4.78, 5) is 23.5. The van der Waals surface area contributed by atoms with Gasteiger partial charge in [0.25, 0.3) is 0 Å². The third-order valence-corrected chi connectivity index (χ3v) is 4.62. The van der Waals surface area contributed by atoms with Crippen LogP contribution in [0.2, 0.25) is 0 Å². The molecular weight excluding hydrogens is 324 g/mol. The summed E-state index contributed by atoms with van der Waals surface area (Å²) in [5.41, 5.74) is 4.98. The molecule has 3 heterocycles. The summed E-state index contributed by atoms with van der Waals surface area (Å²) in [6.07, 6.45) is 3.32. The van der Waals surface area contributed by atoms with E-state index in [1.54, 1.807) is 11.2 Å². The zero-order valence-electron chi connectivity index (χ0n) is 14.8. The number of carbonyl (C=O) groups excluding carboxylic acids is 1. The fraction of sp³-hybridized carbons (Fsp3) is 0.688. The Bertz CT molecular complexity index is 613. The van der Waals surface area contributed by atoms with Crippen molar-refractivity contribution in [2.45, 2.75) is 24.5 Å². The van der Waals surface area contributed by atoms with Crippen LogP contribution in [-0.2, 0) is 9.47 Å². The third-order valence-electron chi connectivity index (χ3n) is 4.62. The van der Waals surface area contributed by atoms with Gasteiger partial charge in [0, 0.05) is 33.3 Å². The SMILES string of the molecule is CN(C)c1cc(NC[C@@H]2CC[C@@]3(COCCN(C(N)=O)C3)O2)ncn1. The number of hydrogen-bond donors (Lipinski definition) is 2. The Balaban J connectivity index is 1.57. The predicted molar refractivity (Wildman–Crippen MR) is 93.7 cm³/mol. The Morgan fingerprint density at radius 3 is 3.12 bits per heavy atom. The molecule has 9 heteroatoms. The summed E-state index contributed by atoms with van der Waals surface area (Å²) in [6, 6.07) is 1.47. The molecule has 2 aliphatic heterocycles. The van der Waals surface area contributed by atoms with Gasteiger partial charge in [-0.2, -0.15) is 0 Å². The first kappa shape index (κ1) is 17.7. The number of ether oxygens (including phenoxy) is 2. The minimum atomic E-state index is -0.460. The number of primary amides is 1. The molecule has 2 amide bonds. The van der Waals surface area contributed by atoms with Crippen molar-refractivity contribution in [3.05, 3.63) is 12.4 Å². The lowest BCUT2D eigenvalue weighted by Gasteiger charge is -2.31. The van der Waals surface area contributed by atoms with E-state index in [1.165, 1.54) is 0 Å². The highest BCUT2D eigenvalue weighted by molar-refractivity contribution is 5.72. The standard InChI is InChI=1S/C16H26N6O3/c1-21(2)14-7-13(19-11-20-14)18-8-12-3-4-16(25-12)9-22(15(17)23)5-6-24-10-16/h7,11-12H,3-6,8-10H2,1-2H3,(H2,17,23)(H,18,19,20)/t12-,16+/m0/s1. The van der Waals surface area contributed by atoms with Crippen molar-refractivity contribution in [3.63, 3.8) is 0 Å². The molecule has 3 rings (SSSR count). The average molecular weight is 350 g/mol. The van der Waals surface area contributed by atoms with Crippen molar-refractivity contribution in [2.75, 3.05) is 57.2 Å². The number of aromatic nitrogens is 2. The number of urea groups is 1. The third kappa shape index (κ3) is 4.29. The molecular formula is C16H26N6O3. The van der Waals surface area contributed by atoms with Gasteiger partial charge in [-0.05, 0) is 12.8 Å². The van der Waals surface area contributed by atoms with Crippen molar-refractivity contribution in [3.8, 4) is 0 Å². The maximum atomic E-state index is 11.5. The highest BCUT2D eigenvalue weighted by atomic mass is 16.6. The number of anilines is 2. The van der Waals surface area contributed by atoms with Gasteiger partial charge in [0.15, 0.2) is 0 Å². The lowest BCUT2D eigenvalue weighted by Crippen LogP contribution is -2.48. The van der Waals surface area contributed by atoms with Gasteiger partial charge in [0.1, 0.15) is 23.6 Å². The minimum Gasteiger partial charge on any atom is -0.377 e. The molecule has 138 valence electrons. The molecule has 0 aliphatic carbocycles. The molecule has 1 aromatic heterocycles. The summed E-state index contributed by atoms with van der Waals surface area (Å²) >= 11 is 0. The maximum Gasteiger partial charge on any atom is 0.314 e. The van der Waals surface area contributed by atoms with E-state index in [0.717, 1.165) is 24.5 Å². The molecule has 2 aliphatic rings. The van der Waals surface area contributed by atoms with Gasteiger partial charge >= 0.3 is 6.03 Å². The van der Waals surface area contributed by atoms with Crippen LogP contribution in [0.25, 0.3) is 0 Å². The summed E-state index contributed by atoms with van der Waals surface area (Å²) in [5.74, 6) is 1.61. The predicted octanol–water partition coefficient (Wildman–Crippen LogP) is 0.283. The minimum absolute atomic E-state index is 0.0363. The maximum absolute atomic E-state index is 11.5. The number of rotatable bonds is 4. The van der Waals surface area contributed by atoms with Crippen molar-refractivity contribution >= 4 is 17.7 Å². The first-order valence-electron chi connectivity index (χ1n) is 8.51. The molecule has 25 heavy (non-hydrogen) atoms. The summed E-state index contributed by atoms with van der Waals surface area (Å²) in [6.45, 7) is 2.62.